The summed E-state index contributed by atoms with van der Waals surface area (Å²) in [5, 5.41) is 9.56. The summed E-state index contributed by atoms with van der Waals surface area (Å²) in [4.78, 5) is 13.3. The molecule has 0 spiro atoms. The second-order valence-electron chi connectivity index (χ2n) is 5.40. The van der Waals surface area contributed by atoms with Crippen LogP contribution in [0, 0.1) is 0 Å². The maximum absolute atomic E-state index is 9.56. The van der Waals surface area contributed by atoms with E-state index in [1.807, 2.05) is 6.07 Å². The average Bonchev–Trinajstić information content (AvgIpc) is 2.99. The maximum atomic E-state index is 9.56. The maximum Gasteiger partial charge on any atom is 0.227 e. The molecule has 2 atom stereocenters. The number of hydrogen-bond acceptors (Lipinski definition) is 7. The van der Waals surface area contributed by atoms with Crippen LogP contribution in [-0.2, 0) is 9.47 Å². The third kappa shape index (κ3) is 3.09. The molecular formula is C14H22N4O3. The van der Waals surface area contributed by atoms with E-state index in [0.717, 1.165) is 37.8 Å². The van der Waals surface area contributed by atoms with E-state index in [1.165, 1.54) is 0 Å². The first-order valence-corrected chi connectivity index (χ1v) is 7.38. The molecule has 0 bridgehead atoms. The van der Waals surface area contributed by atoms with Crippen molar-refractivity contribution in [1.29, 1.82) is 0 Å². The third-order valence-corrected chi connectivity index (χ3v) is 4.14. The van der Waals surface area contributed by atoms with Crippen molar-refractivity contribution in [2.24, 2.45) is 0 Å². The van der Waals surface area contributed by atoms with Crippen LogP contribution in [0.5, 0.6) is 0 Å². The fourth-order valence-corrected chi connectivity index (χ4v) is 2.91. The predicted octanol–water partition coefficient (Wildman–Crippen LogP) is -0.101. The summed E-state index contributed by atoms with van der Waals surface area (Å²) in [6.07, 6.45) is 2.75. The molecule has 21 heavy (non-hydrogen) atoms. The second-order valence-corrected chi connectivity index (χ2v) is 5.40. The number of aliphatic hydroxyl groups is 1. The largest absolute Gasteiger partial charge is 0.394 e. The molecule has 3 rings (SSSR count). The van der Waals surface area contributed by atoms with E-state index in [4.69, 9.17) is 9.47 Å². The highest BCUT2D eigenvalue weighted by molar-refractivity contribution is 5.46. The van der Waals surface area contributed by atoms with Gasteiger partial charge in [-0.2, -0.15) is 4.98 Å². The highest BCUT2D eigenvalue weighted by Crippen LogP contribution is 2.26. The minimum absolute atomic E-state index is 0.0578. The normalized spacial score (nSPS) is 26.4. The summed E-state index contributed by atoms with van der Waals surface area (Å²) >= 11 is 0. The summed E-state index contributed by atoms with van der Waals surface area (Å²) in [7, 11) is 1.71. The number of anilines is 2. The Bertz CT molecular complexity index is 467. The number of hydrogen-bond donors (Lipinski definition) is 1. The van der Waals surface area contributed by atoms with Crippen molar-refractivity contribution in [3.05, 3.63) is 12.3 Å². The van der Waals surface area contributed by atoms with Crippen LogP contribution in [0.2, 0.25) is 0 Å². The number of ether oxygens (including phenoxy) is 2. The number of nitrogens with zero attached hydrogens (tertiary/aromatic N) is 4. The molecule has 2 aliphatic heterocycles. The van der Waals surface area contributed by atoms with Crippen molar-refractivity contribution in [1.82, 2.24) is 9.97 Å². The van der Waals surface area contributed by atoms with Gasteiger partial charge in [-0.15, -0.1) is 0 Å². The van der Waals surface area contributed by atoms with Crippen LogP contribution in [0.15, 0.2) is 12.3 Å². The zero-order valence-corrected chi connectivity index (χ0v) is 12.3. The zero-order chi connectivity index (χ0) is 14.7. The Labute approximate surface area is 124 Å². The zero-order valence-electron chi connectivity index (χ0n) is 12.3. The van der Waals surface area contributed by atoms with Gasteiger partial charge in [-0.25, -0.2) is 4.98 Å². The molecule has 0 saturated carbocycles. The van der Waals surface area contributed by atoms with Crippen LogP contribution in [0.1, 0.15) is 6.42 Å². The van der Waals surface area contributed by atoms with Gasteiger partial charge in [0.15, 0.2) is 0 Å². The van der Waals surface area contributed by atoms with Gasteiger partial charge in [-0.05, 0) is 12.5 Å². The summed E-state index contributed by atoms with van der Waals surface area (Å²) < 4.78 is 10.8. The van der Waals surface area contributed by atoms with E-state index in [2.05, 4.69) is 19.8 Å². The Balaban J connectivity index is 1.78. The number of aliphatic hydroxyl groups excluding tert-OH is 1. The summed E-state index contributed by atoms with van der Waals surface area (Å²) in [6.45, 7) is 3.91. The number of aromatic nitrogens is 2. The van der Waals surface area contributed by atoms with Crippen molar-refractivity contribution in [3.8, 4) is 0 Å². The van der Waals surface area contributed by atoms with Gasteiger partial charge in [0, 0.05) is 32.9 Å². The molecular weight excluding hydrogens is 272 g/mol. The highest BCUT2D eigenvalue weighted by atomic mass is 16.5. The lowest BCUT2D eigenvalue weighted by Gasteiger charge is -2.29. The monoisotopic (exact) mass is 294 g/mol. The topological polar surface area (TPSA) is 71.0 Å². The number of morpholine rings is 1. The fraction of sp³-hybridized carbons (Fsp3) is 0.714. The molecule has 2 aliphatic rings. The van der Waals surface area contributed by atoms with Gasteiger partial charge in [0.05, 0.1) is 32.0 Å². The molecule has 0 aliphatic carbocycles. The Morgan fingerprint density at radius 3 is 2.95 bits per heavy atom. The molecule has 3 heterocycles. The van der Waals surface area contributed by atoms with Crippen LogP contribution in [0.25, 0.3) is 0 Å². The molecule has 0 amide bonds. The van der Waals surface area contributed by atoms with Gasteiger partial charge in [0.25, 0.3) is 0 Å². The first-order valence-electron chi connectivity index (χ1n) is 7.38. The van der Waals surface area contributed by atoms with Crippen molar-refractivity contribution >= 4 is 11.8 Å². The number of rotatable bonds is 4. The first kappa shape index (κ1) is 14.5. The molecule has 1 N–H and O–H groups in total. The molecule has 116 valence electrons. The van der Waals surface area contributed by atoms with Crippen LogP contribution in [0.3, 0.4) is 0 Å². The summed E-state index contributed by atoms with van der Waals surface area (Å²) in [5.41, 5.74) is 0. The fourth-order valence-electron chi connectivity index (χ4n) is 2.91. The molecule has 1 aromatic heterocycles. The lowest BCUT2D eigenvalue weighted by atomic mass is 10.2. The van der Waals surface area contributed by atoms with Gasteiger partial charge in [0.2, 0.25) is 5.95 Å². The summed E-state index contributed by atoms with van der Waals surface area (Å²) in [5.74, 6) is 1.58. The van der Waals surface area contributed by atoms with Gasteiger partial charge in [-0.1, -0.05) is 0 Å². The first-order chi connectivity index (χ1) is 10.3. The molecule has 0 unspecified atom stereocenters. The van der Waals surface area contributed by atoms with Gasteiger partial charge in [-0.3, -0.25) is 0 Å². The quantitative estimate of drug-likeness (QED) is 0.831. The van der Waals surface area contributed by atoms with E-state index >= 15 is 0 Å². The van der Waals surface area contributed by atoms with Crippen LogP contribution < -0.4 is 9.80 Å². The Morgan fingerprint density at radius 2 is 2.24 bits per heavy atom. The van der Waals surface area contributed by atoms with Crippen LogP contribution >= 0.6 is 0 Å². The minimum Gasteiger partial charge on any atom is -0.394 e. The Morgan fingerprint density at radius 1 is 1.43 bits per heavy atom. The molecule has 7 heteroatoms. The lowest BCUT2D eigenvalue weighted by molar-refractivity contribution is 0.115. The molecule has 0 aromatic carbocycles. The van der Waals surface area contributed by atoms with Gasteiger partial charge < -0.3 is 24.4 Å². The van der Waals surface area contributed by atoms with Crippen LogP contribution in [0.4, 0.5) is 11.8 Å². The van der Waals surface area contributed by atoms with E-state index < -0.39 is 0 Å². The van der Waals surface area contributed by atoms with Crippen molar-refractivity contribution < 1.29 is 14.6 Å². The third-order valence-electron chi connectivity index (χ3n) is 4.14. The molecule has 2 fully saturated rings. The van der Waals surface area contributed by atoms with Gasteiger partial charge >= 0.3 is 0 Å². The molecule has 2 saturated heterocycles. The van der Waals surface area contributed by atoms with E-state index in [9.17, 15) is 5.11 Å². The summed E-state index contributed by atoms with van der Waals surface area (Å²) in [6, 6.07) is 1.95. The molecule has 7 nitrogen and oxygen atoms in total. The minimum atomic E-state index is 0.0578. The smallest absolute Gasteiger partial charge is 0.227 e. The van der Waals surface area contributed by atoms with Crippen molar-refractivity contribution in [2.75, 3.05) is 56.4 Å². The van der Waals surface area contributed by atoms with Crippen LogP contribution in [-0.4, -0.2) is 73.8 Å². The average molecular weight is 294 g/mol. The van der Waals surface area contributed by atoms with Crippen molar-refractivity contribution in [3.63, 3.8) is 0 Å². The standard InChI is InChI=1S/C14H22N4O3/c1-20-12-8-11(10-19)18(9-12)13-2-3-15-14(16-13)17-4-6-21-7-5-17/h2-3,11-12,19H,4-10H2,1H3/t11-,12+/m0/s1. The number of methoxy groups -OCH3 is 1. The molecule has 1 aromatic rings. The Kier molecular flexibility index (Phi) is 4.52. The van der Waals surface area contributed by atoms with E-state index in [-0.39, 0.29) is 18.8 Å². The lowest BCUT2D eigenvalue weighted by Crippen LogP contribution is -2.38. The van der Waals surface area contributed by atoms with Gasteiger partial charge in [0.1, 0.15) is 5.82 Å². The SMILES string of the molecule is CO[C@@H]1C[C@@H](CO)N(c2ccnc(N3CCOCC3)n2)C1. The highest BCUT2D eigenvalue weighted by Gasteiger charge is 2.32. The second kappa shape index (κ2) is 6.55. The Hall–Kier alpha value is -1.44. The van der Waals surface area contributed by atoms with Crippen molar-refractivity contribution in [2.45, 2.75) is 18.6 Å². The molecule has 0 radical (unpaired) electrons. The predicted molar refractivity (Wildman–Crippen MR) is 78.7 cm³/mol. The van der Waals surface area contributed by atoms with E-state index in [1.54, 1.807) is 13.3 Å². The van der Waals surface area contributed by atoms with E-state index in [0.29, 0.717) is 13.2 Å².